The van der Waals surface area contributed by atoms with E-state index >= 15 is 4.39 Å². The first-order chi connectivity index (χ1) is 19.0. The van der Waals surface area contributed by atoms with Crippen LogP contribution in [0.4, 0.5) is 13.2 Å². The molecule has 0 bridgehead atoms. The summed E-state index contributed by atoms with van der Waals surface area (Å²) < 4.78 is 56.4. The van der Waals surface area contributed by atoms with Crippen molar-refractivity contribution in [2.24, 2.45) is 0 Å². The Balaban J connectivity index is 1.39. The highest BCUT2D eigenvalue weighted by atomic mass is 19.2. The summed E-state index contributed by atoms with van der Waals surface area (Å²) in [6, 6.07) is 15.7. The van der Waals surface area contributed by atoms with Crippen LogP contribution >= 0.6 is 0 Å². The lowest BCUT2D eigenvalue weighted by molar-refractivity contribution is -0.190. The van der Waals surface area contributed by atoms with Gasteiger partial charge in [0.05, 0.1) is 13.2 Å². The van der Waals surface area contributed by atoms with Gasteiger partial charge in [-0.1, -0.05) is 101 Å². The fourth-order valence-corrected chi connectivity index (χ4v) is 5.25. The maximum Gasteiger partial charge on any atom is 0.166 e. The van der Waals surface area contributed by atoms with Crippen molar-refractivity contribution in [1.82, 2.24) is 0 Å². The van der Waals surface area contributed by atoms with Gasteiger partial charge < -0.3 is 9.47 Å². The molecule has 3 aromatic carbocycles. The Morgan fingerprint density at radius 1 is 0.667 bits per heavy atom. The van der Waals surface area contributed by atoms with Gasteiger partial charge in [0.15, 0.2) is 17.9 Å². The third kappa shape index (κ3) is 7.73. The molecular weight excluding hydrogens is 497 g/mol. The molecule has 1 saturated heterocycles. The van der Waals surface area contributed by atoms with Crippen LogP contribution < -0.4 is 0 Å². The molecule has 1 fully saturated rings. The Bertz CT molecular complexity index is 1180. The van der Waals surface area contributed by atoms with Gasteiger partial charge in [-0.3, -0.25) is 0 Å². The van der Waals surface area contributed by atoms with E-state index in [1.807, 2.05) is 18.2 Å². The molecule has 5 heteroatoms. The summed E-state index contributed by atoms with van der Waals surface area (Å²) in [6.45, 7) is 5.21. The zero-order valence-electron chi connectivity index (χ0n) is 23.3. The summed E-state index contributed by atoms with van der Waals surface area (Å²) in [7, 11) is 0. The Hall–Kier alpha value is -2.63. The molecule has 210 valence electrons. The number of rotatable bonds is 13. The number of aryl methyl sites for hydroxylation is 1. The average Bonchev–Trinajstić information content (AvgIpc) is 2.96. The minimum absolute atomic E-state index is 0.138. The van der Waals surface area contributed by atoms with Gasteiger partial charge in [0.25, 0.3) is 0 Å². The van der Waals surface area contributed by atoms with E-state index < -0.39 is 11.6 Å². The predicted octanol–water partition coefficient (Wildman–Crippen LogP) is 9.99. The second kappa shape index (κ2) is 14.7. The quantitative estimate of drug-likeness (QED) is 0.202. The Morgan fingerprint density at radius 2 is 1.31 bits per heavy atom. The maximum atomic E-state index is 15.1. The van der Waals surface area contributed by atoms with E-state index in [9.17, 15) is 8.78 Å². The molecule has 3 aromatic rings. The average molecular weight is 539 g/mol. The van der Waals surface area contributed by atoms with Crippen molar-refractivity contribution >= 4 is 0 Å². The summed E-state index contributed by atoms with van der Waals surface area (Å²) in [5, 5.41) is 0. The van der Waals surface area contributed by atoms with E-state index in [1.54, 1.807) is 30.3 Å². The highest BCUT2D eigenvalue weighted by molar-refractivity contribution is 5.71. The molecule has 0 amide bonds. The summed E-state index contributed by atoms with van der Waals surface area (Å²) in [6.07, 6.45) is 9.94. The summed E-state index contributed by atoms with van der Waals surface area (Å²) in [5.74, 6) is -2.00. The summed E-state index contributed by atoms with van der Waals surface area (Å²) >= 11 is 0. The molecule has 0 N–H and O–H groups in total. The zero-order chi connectivity index (χ0) is 27.6. The Morgan fingerprint density at radius 3 is 2.00 bits per heavy atom. The van der Waals surface area contributed by atoms with E-state index in [0.717, 1.165) is 62.5 Å². The van der Waals surface area contributed by atoms with Crippen LogP contribution in [-0.4, -0.2) is 19.5 Å². The fraction of sp³-hybridized carbons (Fsp3) is 0.471. The number of benzene rings is 3. The first kappa shape index (κ1) is 29.4. The smallest absolute Gasteiger partial charge is 0.166 e. The standard InChI is InChI=1S/C34H41F3O2/c1-3-5-7-8-10-11-26-17-20-30(34(37)33(26)36)25-15-13-24(14-16-25)27-18-19-29(31(35)21-27)28-22-38-32(39-23-28)12-9-6-4-2/h13-21,28,32H,3-12,22-23H2,1-2H3. The van der Waals surface area contributed by atoms with Gasteiger partial charge in [-0.2, -0.15) is 0 Å². The second-order valence-electron chi connectivity index (χ2n) is 10.7. The van der Waals surface area contributed by atoms with Gasteiger partial charge in [-0.25, -0.2) is 13.2 Å². The van der Waals surface area contributed by atoms with Crippen molar-refractivity contribution in [3.8, 4) is 22.3 Å². The molecule has 0 spiro atoms. The van der Waals surface area contributed by atoms with Gasteiger partial charge in [0.1, 0.15) is 5.82 Å². The molecule has 0 radical (unpaired) electrons. The fourth-order valence-electron chi connectivity index (χ4n) is 5.25. The van der Waals surface area contributed by atoms with Crippen molar-refractivity contribution in [3.05, 3.63) is 83.2 Å². The van der Waals surface area contributed by atoms with Crippen molar-refractivity contribution in [3.63, 3.8) is 0 Å². The molecule has 0 atom stereocenters. The van der Waals surface area contributed by atoms with Gasteiger partial charge in [-0.15, -0.1) is 0 Å². The number of ether oxygens (including phenoxy) is 2. The molecule has 0 unspecified atom stereocenters. The summed E-state index contributed by atoms with van der Waals surface area (Å²) in [4.78, 5) is 0. The van der Waals surface area contributed by atoms with E-state index in [0.29, 0.717) is 36.3 Å². The lowest BCUT2D eigenvalue weighted by atomic mass is 9.94. The van der Waals surface area contributed by atoms with Gasteiger partial charge in [0.2, 0.25) is 0 Å². The van der Waals surface area contributed by atoms with Gasteiger partial charge in [0, 0.05) is 11.5 Å². The molecule has 1 aliphatic heterocycles. The largest absolute Gasteiger partial charge is 0.352 e. The van der Waals surface area contributed by atoms with Crippen LogP contribution in [-0.2, 0) is 15.9 Å². The second-order valence-corrected chi connectivity index (χ2v) is 10.7. The van der Waals surface area contributed by atoms with Crippen LogP contribution in [0, 0.1) is 17.5 Å². The third-order valence-electron chi connectivity index (χ3n) is 7.69. The zero-order valence-corrected chi connectivity index (χ0v) is 23.3. The minimum Gasteiger partial charge on any atom is -0.352 e. The minimum atomic E-state index is -0.811. The maximum absolute atomic E-state index is 15.1. The predicted molar refractivity (Wildman–Crippen MR) is 152 cm³/mol. The van der Waals surface area contributed by atoms with Crippen molar-refractivity contribution in [2.75, 3.05) is 13.2 Å². The lowest BCUT2D eigenvalue weighted by Gasteiger charge is -2.30. The van der Waals surface area contributed by atoms with Crippen molar-refractivity contribution in [2.45, 2.75) is 90.3 Å². The van der Waals surface area contributed by atoms with Crippen LogP contribution in [0.15, 0.2) is 54.6 Å². The third-order valence-corrected chi connectivity index (χ3v) is 7.69. The molecule has 0 aliphatic carbocycles. The number of unbranched alkanes of at least 4 members (excludes halogenated alkanes) is 6. The molecule has 1 aliphatic rings. The van der Waals surface area contributed by atoms with Crippen LogP contribution in [0.25, 0.3) is 22.3 Å². The highest BCUT2D eigenvalue weighted by Gasteiger charge is 2.25. The first-order valence-corrected chi connectivity index (χ1v) is 14.6. The van der Waals surface area contributed by atoms with E-state index in [4.69, 9.17) is 9.47 Å². The molecule has 2 nitrogen and oxygen atoms in total. The van der Waals surface area contributed by atoms with E-state index in [-0.39, 0.29) is 23.6 Å². The lowest BCUT2D eigenvalue weighted by Crippen LogP contribution is -2.31. The molecule has 1 heterocycles. The van der Waals surface area contributed by atoms with Crippen molar-refractivity contribution < 1.29 is 22.6 Å². The topological polar surface area (TPSA) is 18.5 Å². The highest BCUT2D eigenvalue weighted by Crippen LogP contribution is 2.32. The van der Waals surface area contributed by atoms with Crippen LogP contribution in [0.2, 0.25) is 0 Å². The number of hydrogen-bond acceptors (Lipinski definition) is 2. The molecular formula is C34H41F3O2. The van der Waals surface area contributed by atoms with E-state index in [1.165, 1.54) is 12.5 Å². The molecule has 0 aromatic heterocycles. The monoisotopic (exact) mass is 538 g/mol. The summed E-state index contributed by atoms with van der Waals surface area (Å²) in [5.41, 5.74) is 3.38. The Kier molecular flexibility index (Phi) is 11.0. The van der Waals surface area contributed by atoms with Gasteiger partial charge >= 0.3 is 0 Å². The number of hydrogen-bond donors (Lipinski definition) is 0. The van der Waals surface area contributed by atoms with Crippen LogP contribution in [0.1, 0.15) is 88.7 Å². The molecule has 39 heavy (non-hydrogen) atoms. The van der Waals surface area contributed by atoms with Crippen LogP contribution in [0.5, 0.6) is 0 Å². The molecule has 4 rings (SSSR count). The first-order valence-electron chi connectivity index (χ1n) is 14.6. The van der Waals surface area contributed by atoms with Crippen molar-refractivity contribution in [1.29, 1.82) is 0 Å². The van der Waals surface area contributed by atoms with Crippen LogP contribution in [0.3, 0.4) is 0 Å². The SMILES string of the molecule is CCCCCCCc1ccc(-c2ccc(-c3ccc(C4COC(CCCCC)OC4)c(F)c3)cc2)c(F)c1F. The van der Waals surface area contributed by atoms with Gasteiger partial charge in [-0.05, 0) is 59.6 Å². The molecule has 0 saturated carbocycles. The van der Waals surface area contributed by atoms with E-state index in [2.05, 4.69) is 13.8 Å². The normalized spacial score (nSPS) is 17.5. The number of halogens is 3. The Labute approximate surface area is 231 Å².